The molecule has 0 aliphatic carbocycles. The van der Waals surface area contributed by atoms with Crippen LogP contribution in [0.1, 0.15) is 21.6 Å². The summed E-state index contributed by atoms with van der Waals surface area (Å²) >= 11 is 3.37. The van der Waals surface area contributed by atoms with E-state index in [1.165, 1.54) is 0 Å². The van der Waals surface area contributed by atoms with E-state index in [0.717, 1.165) is 5.56 Å². The molecule has 0 aromatic carbocycles. The molecule has 0 radical (unpaired) electrons. The monoisotopic (exact) mass is 323 g/mol. The molecular weight excluding hydrogens is 310 g/mol. The number of carbonyl (C=O) groups excluding carboxylic acids is 1. The van der Waals surface area contributed by atoms with E-state index < -0.39 is 0 Å². The molecule has 0 atom stereocenters. The molecule has 0 bridgehead atoms. The Kier molecular flexibility index (Phi) is 4.44. The van der Waals surface area contributed by atoms with Gasteiger partial charge in [-0.15, -0.1) is 0 Å². The van der Waals surface area contributed by atoms with Crippen LogP contribution >= 0.6 is 15.9 Å². The highest BCUT2D eigenvalue weighted by Gasteiger charge is 2.20. The number of methoxy groups -OCH3 is 1. The van der Waals surface area contributed by atoms with Crippen molar-refractivity contribution in [2.75, 3.05) is 13.7 Å². The molecule has 2 rings (SSSR count). The molecule has 0 fully saturated rings. The Labute approximate surface area is 119 Å². The minimum Gasteiger partial charge on any atom is -0.383 e. The van der Waals surface area contributed by atoms with Crippen LogP contribution in [0.4, 0.5) is 0 Å². The molecule has 19 heavy (non-hydrogen) atoms. The number of carbonyl (C=O) groups is 1. The fraction of sp³-hybridized carbons (Fsp3) is 0.308. The normalized spacial score (nSPS) is 10.7. The number of ketones is 1. The fourth-order valence-corrected chi connectivity index (χ4v) is 2.24. The molecule has 2 aromatic rings. The van der Waals surface area contributed by atoms with Crippen molar-refractivity contribution >= 4 is 21.7 Å². The summed E-state index contributed by atoms with van der Waals surface area (Å²) in [5.41, 5.74) is 2.00. The number of aryl methyl sites for hydroxylation is 1. The first-order chi connectivity index (χ1) is 9.15. The van der Waals surface area contributed by atoms with E-state index in [9.17, 15) is 4.79 Å². The van der Waals surface area contributed by atoms with E-state index in [0.29, 0.717) is 28.9 Å². The van der Waals surface area contributed by atoms with Crippen LogP contribution in [0.3, 0.4) is 0 Å². The minimum absolute atomic E-state index is 0.0916. The van der Waals surface area contributed by atoms with Crippen LogP contribution in [-0.4, -0.2) is 34.3 Å². The van der Waals surface area contributed by atoms with Gasteiger partial charge in [0.25, 0.3) is 0 Å². The average molecular weight is 324 g/mol. The van der Waals surface area contributed by atoms with Crippen molar-refractivity contribution in [2.24, 2.45) is 0 Å². The standard InChI is InChI=1S/C13H14BrN3O2/c1-9-3-4-15-7-10(9)13(18)12-11(14)8-16-17(12)5-6-19-2/h3-4,7-8H,5-6H2,1-2H3. The second kappa shape index (κ2) is 6.08. The Bertz CT molecular complexity index is 595. The maximum Gasteiger partial charge on any atom is 0.214 e. The third-order valence-corrected chi connectivity index (χ3v) is 3.38. The summed E-state index contributed by atoms with van der Waals surface area (Å²) in [4.78, 5) is 16.6. The molecule has 6 heteroatoms. The number of hydrogen-bond acceptors (Lipinski definition) is 4. The average Bonchev–Trinajstić information content (AvgIpc) is 2.77. The molecule has 0 spiro atoms. The lowest BCUT2D eigenvalue weighted by Crippen LogP contribution is -2.15. The molecule has 0 aliphatic rings. The number of ether oxygens (including phenoxy) is 1. The number of hydrogen-bond donors (Lipinski definition) is 0. The van der Waals surface area contributed by atoms with Gasteiger partial charge >= 0.3 is 0 Å². The Balaban J connectivity index is 2.39. The SMILES string of the molecule is COCCn1ncc(Br)c1C(=O)c1cnccc1C. The van der Waals surface area contributed by atoms with Gasteiger partial charge < -0.3 is 4.74 Å². The van der Waals surface area contributed by atoms with Gasteiger partial charge in [0, 0.05) is 25.1 Å². The Morgan fingerprint density at radius 2 is 2.26 bits per heavy atom. The molecule has 2 heterocycles. The van der Waals surface area contributed by atoms with Crippen molar-refractivity contribution in [1.29, 1.82) is 0 Å². The topological polar surface area (TPSA) is 57.0 Å². The quantitative estimate of drug-likeness (QED) is 0.792. The molecule has 0 aliphatic heterocycles. The van der Waals surface area contributed by atoms with Crippen molar-refractivity contribution in [1.82, 2.24) is 14.8 Å². The predicted octanol–water partition coefficient (Wildman–Crippen LogP) is 2.23. The Hall–Kier alpha value is -1.53. The zero-order valence-corrected chi connectivity index (χ0v) is 12.3. The lowest BCUT2D eigenvalue weighted by molar-refractivity contribution is 0.102. The first kappa shape index (κ1) is 13.9. The Morgan fingerprint density at radius 1 is 1.47 bits per heavy atom. The van der Waals surface area contributed by atoms with Crippen LogP contribution in [0.2, 0.25) is 0 Å². The highest BCUT2D eigenvalue weighted by molar-refractivity contribution is 9.10. The molecular formula is C13H14BrN3O2. The molecule has 0 saturated heterocycles. The van der Waals surface area contributed by atoms with E-state index in [1.54, 1.807) is 30.4 Å². The van der Waals surface area contributed by atoms with Crippen molar-refractivity contribution in [2.45, 2.75) is 13.5 Å². The summed E-state index contributed by atoms with van der Waals surface area (Å²) in [6, 6.07) is 1.82. The lowest BCUT2D eigenvalue weighted by atomic mass is 10.1. The molecule has 2 aromatic heterocycles. The van der Waals surface area contributed by atoms with Crippen LogP contribution in [0.5, 0.6) is 0 Å². The van der Waals surface area contributed by atoms with Crippen LogP contribution in [0, 0.1) is 6.92 Å². The first-order valence-electron chi connectivity index (χ1n) is 5.80. The van der Waals surface area contributed by atoms with Crippen LogP contribution in [0.25, 0.3) is 0 Å². The van der Waals surface area contributed by atoms with E-state index >= 15 is 0 Å². The summed E-state index contributed by atoms with van der Waals surface area (Å²) in [7, 11) is 1.62. The maximum absolute atomic E-state index is 12.6. The summed E-state index contributed by atoms with van der Waals surface area (Å²) in [5, 5.41) is 4.18. The van der Waals surface area contributed by atoms with Crippen LogP contribution < -0.4 is 0 Å². The van der Waals surface area contributed by atoms with Gasteiger partial charge in [0.15, 0.2) is 0 Å². The van der Waals surface area contributed by atoms with Crippen molar-refractivity contribution in [3.8, 4) is 0 Å². The van der Waals surface area contributed by atoms with E-state index in [4.69, 9.17) is 4.74 Å². The highest BCUT2D eigenvalue weighted by atomic mass is 79.9. The predicted molar refractivity (Wildman–Crippen MR) is 74.2 cm³/mol. The smallest absolute Gasteiger partial charge is 0.214 e. The lowest BCUT2D eigenvalue weighted by Gasteiger charge is -2.08. The second-order valence-corrected chi connectivity index (χ2v) is 4.93. The second-order valence-electron chi connectivity index (χ2n) is 4.08. The fourth-order valence-electron chi connectivity index (χ4n) is 1.76. The summed E-state index contributed by atoms with van der Waals surface area (Å²) < 4.78 is 7.34. The van der Waals surface area contributed by atoms with Gasteiger partial charge in [-0.05, 0) is 34.5 Å². The molecule has 5 nitrogen and oxygen atoms in total. The third-order valence-electron chi connectivity index (χ3n) is 2.80. The number of halogens is 1. The van der Waals surface area contributed by atoms with Crippen LogP contribution in [-0.2, 0) is 11.3 Å². The number of aromatic nitrogens is 3. The zero-order valence-electron chi connectivity index (χ0n) is 10.8. The molecule has 0 saturated carbocycles. The van der Waals surface area contributed by atoms with Gasteiger partial charge in [-0.3, -0.25) is 14.5 Å². The van der Waals surface area contributed by atoms with Gasteiger partial charge in [0.2, 0.25) is 5.78 Å². The molecule has 100 valence electrons. The van der Waals surface area contributed by atoms with Crippen molar-refractivity contribution in [3.63, 3.8) is 0 Å². The molecule has 0 amide bonds. The highest BCUT2D eigenvalue weighted by Crippen LogP contribution is 2.21. The zero-order chi connectivity index (χ0) is 13.8. The third kappa shape index (κ3) is 2.90. The molecule has 0 unspecified atom stereocenters. The largest absolute Gasteiger partial charge is 0.383 e. The van der Waals surface area contributed by atoms with E-state index in [-0.39, 0.29) is 5.78 Å². The maximum atomic E-state index is 12.6. The minimum atomic E-state index is -0.0916. The van der Waals surface area contributed by atoms with Crippen LogP contribution in [0.15, 0.2) is 29.1 Å². The molecule has 0 N–H and O–H groups in total. The number of nitrogens with zero attached hydrogens (tertiary/aromatic N) is 3. The number of pyridine rings is 1. The summed E-state index contributed by atoms with van der Waals surface area (Å²) in [6.45, 7) is 2.92. The first-order valence-corrected chi connectivity index (χ1v) is 6.60. The number of rotatable bonds is 5. The Morgan fingerprint density at radius 3 is 2.95 bits per heavy atom. The van der Waals surface area contributed by atoms with Gasteiger partial charge in [0.1, 0.15) is 5.69 Å². The van der Waals surface area contributed by atoms with E-state index in [2.05, 4.69) is 26.0 Å². The summed E-state index contributed by atoms with van der Waals surface area (Å²) in [5.74, 6) is -0.0916. The van der Waals surface area contributed by atoms with Gasteiger partial charge in [-0.25, -0.2) is 0 Å². The van der Waals surface area contributed by atoms with E-state index in [1.807, 2.05) is 13.0 Å². The van der Waals surface area contributed by atoms with Gasteiger partial charge in [-0.1, -0.05) is 0 Å². The van der Waals surface area contributed by atoms with Gasteiger partial charge in [-0.2, -0.15) is 5.10 Å². The summed E-state index contributed by atoms with van der Waals surface area (Å²) in [6.07, 6.45) is 4.87. The van der Waals surface area contributed by atoms with Crippen molar-refractivity contribution < 1.29 is 9.53 Å². The van der Waals surface area contributed by atoms with Gasteiger partial charge in [0.05, 0.1) is 23.8 Å². The van der Waals surface area contributed by atoms with Crippen molar-refractivity contribution in [3.05, 3.63) is 46.0 Å².